The first kappa shape index (κ1) is 22.0. The van der Waals surface area contributed by atoms with Crippen LogP contribution in [0.4, 0.5) is 0 Å². The number of rotatable bonds is 4. The van der Waals surface area contributed by atoms with E-state index in [1.807, 2.05) is 0 Å². The van der Waals surface area contributed by atoms with E-state index >= 15 is 0 Å². The van der Waals surface area contributed by atoms with E-state index in [1.165, 1.54) is 15.3 Å². The Balaban J connectivity index is 1.76. The molecule has 0 saturated heterocycles. The molecule has 5 unspecified atom stereocenters. The van der Waals surface area contributed by atoms with Gasteiger partial charge in [0.2, 0.25) is 0 Å². The minimum absolute atomic E-state index is 0.0229. The quantitative estimate of drug-likeness (QED) is 0.479. The van der Waals surface area contributed by atoms with E-state index < -0.39 is 8.24 Å². The fourth-order valence-electron chi connectivity index (χ4n) is 6.51. The molecular formula is C29H35NSSi. The zero-order chi connectivity index (χ0) is 22.5. The fraction of sp³-hybridized carbons (Fsp3) is 0.379. The van der Waals surface area contributed by atoms with Gasteiger partial charge in [0.15, 0.2) is 8.24 Å². The second-order valence-corrected chi connectivity index (χ2v) is 15.7. The van der Waals surface area contributed by atoms with Crippen LogP contribution in [0.2, 0.25) is 5.54 Å². The van der Waals surface area contributed by atoms with Gasteiger partial charge in [-0.05, 0) is 60.2 Å². The van der Waals surface area contributed by atoms with Crippen LogP contribution in [0.15, 0.2) is 89.8 Å². The van der Waals surface area contributed by atoms with Crippen molar-refractivity contribution in [1.29, 1.82) is 0 Å². The zero-order valence-corrected chi connectivity index (χ0v) is 21.7. The standard InChI is InChI=1S/C29H35NSSi/c1-20-21(2)28(27-26(20)24-18-12-13-19-25(24)31-27)32(30-29(3,4)5,22-14-8-6-9-15-22)23-16-10-7-11-17-23/h6-21,26-28,30H,1-5H3. The molecule has 0 spiro atoms. The molecule has 5 rings (SSSR count). The maximum absolute atomic E-state index is 4.36. The second-order valence-electron chi connectivity index (χ2n) is 10.8. The molecule has 1 aliphatic carbocycles. The lowest BCUT2D eigenvalue weighted by Gasteiger charge is -2.47. The first-order chi connectivity index (χ1) is 15.3. The van der Waals surface area contributed by atoms with Crippen LogP contribution in [0.3, 0.4) is 0 Å². The largest absolute Gasteiger partial charge is 0.325 e. The molecule has 1 N–H and O–H groups in total. The van der Waals surface area contributed by atoms with Gasteiger partial charge in [-0.3, -0.25) is 0 Å². The maximum atomic E-state index is 4.36. The fourth-order valence-corrected chi connectivity index (χ4v) is 15.0. The third kappa shape index (κ3) is 3.50. The first-order valence-electron chi connectivity index (χ1n) is 12.0. The molecule has 1 saturated carbocycles. The zero-order valence-electron chi connectivity index (χ0n) is 19.9. The molecule has 1 fully saturated rings. The molecular weight excluding hydrogens is 422 g/mol. The van der Waals surface area contributed by atoms with Gasteiger partial charge in [-0.15, -0.1) is 11.8 Å². The maximum Gasteiger partial charge on any atom is 0.194 e. The van der Waals surface area contributed by atoms with Crippen LogP contribution < -0.4 is 15.4 Å². The molecule has 2 aliphatic rings. The molecule has 1 aliphatic heterocycles. The van der Waals surface area contributed by atoms with Crippen molar-refractivity contribution < 1.29 is 0 Å². The van der Waals surface area contributed by atoms with Gasteiger partial charge < -0.3 is 4.98 Å². The van der Waals surface area contributed by atoms with Crippen LogP contribution in [0, 0.1) is 11.8 Å². The molecule has 0 aromatic heterocycles. The van der Waals surface area contributed by atoms with Crippen molar-refractivity contribution in [1.82, 2.24) is 4.98 Å². The van der Waals surface area contributed by atoms with Crippen molar-refractivity contribution in [3.05, 3.63) is 90.5 Å². The Labute approximate surface area is 199 Å². The summed E-state index contributed by atoms with van der Waals surface area (Å²) < 4.78 is 0. The van der Waals surface area contributed by atoms with Gasteiger partial charge in [0, 0.05) is 21.6 Å². The van der Waals surface area contributed by atoms with Crippen molar-refractivity contribution in [2.75, 3.05) is 0 Å². The lowest BCUT2D eigenvalue weighted by molar-refractivity contribution is 0.415. The Kier molecular flexibility index (Phi) is 5.64. The minimum atomic E-state index is -2.35. The third-order valence-electron chi connectivity index (χ3n) is 7.74. The van der Waals surface area contributed by atoms with Crippen molar-refractivity contribution in [3.63, 3.8) is 0 Å². The highest BCUT2D eigenvalue weighted by molar-refractivity contribution is 8.00. The van der Waals surface area contributed by atoms with Crippen molar-refractivity contribution in [2.24, 2.45) is 11.8 Å². The van der Waals surface area contributed by atoms with Gasteiger partial charge in [0.05, 0.1) is 0 Å². The average Bonchev–Trinajstić information content (AvgIpc) is 3.27. The summed E-state index contributed by atoms with van der Waals surface area (Å²) in [7, 11) is -2.35. The van der Waals surface area contributed by atoms with Crippen LogP contribution in [0.1, 0.15) is 46.1 Å². The highest BCUT2D eigenvalue weighted by atomic mass is 32.2. The van der Waals surface area contributed by atoms with Gasteiger partial charge >= 0.3 is 0 Å². The van der Waals surface area contributed by atoms with E-state index in [-0.39, 0.29) is 5.54 Å². The normalized spacial score (nSPS) is 27.2. The molecule has 166 valence electrons. The summed E-state index contributed by atoms with van der Waals surface area (Å²) in [4.78, 5) is 5.87. The topological polar surface area (TPSA) is 12.0 Å². The van der Waals surface area contributed by atoms with Gasteiger partial charge in [0.25, 0.3) is 0 Å². The summed E-state index contributed by atoms with van der Waals surface area (Å²) >= 11 is 2.16. The predicted molar refractivity (Wildman–Crippen MR) is 142 cm³/mol. The summed E-state index contributed by atoms with van der Waals surface area (Å²) in [5.41, 5.74) is 2.21. The number of hydrogen-bond donors (Lipinski definition) is 1. The molecule has 0 amide bonds. The number of thioether (sulfide) groups is 1. The molecule has 3 aromatic rings. The summed E-state index contributed by atoms with van der Waals surface area (Å²) in [6.45, 7) is 12.1. The van der Waals surface area contributed by atoms with E-state index in [9.17, 15) is 0 Å². The Morgan fingerprint density at radius 1 is 0.719 bits per heavy atom. The van der Waals surface area contributed by atoms with Crippen LogP contribution in [-0.2, 0) is 0 Å². The van der Waals surface area contributed by atoms with Gasteiger partial charge in [-0.25, -0.2) is 0 Å². The van der Waals surface area contributed by atoms with E-state index in [2.05, 4.69) is 136 Å². The molecule has 3 aromatic carbocycles. The molecule has 0 radical (unpaired) electrons. The second kappa shape index (κ2) is 8.20. The van der Waals surface area contributed by atoms with Crippen LogP contribution in [-0.4, -0.2) is 19.0 Å². The number of benzene rings is 3. The van der Waals surface area contributed by atoms with Gasteiger partial charge in [0.1, 0.15) is 0 Å². The van der Waals surface area contributed by atoms with Crippen molar-refractivity contribution >= 4 is 30.4 Å². The molecule has 1 heterocycles. The molecule has 5 atom stereocenters. The number of fused-ring (bicyclic) bond motifs is 3. The lowest BCUT2D eigenvalue weighted by Crippen LogP contribution is -2.76. The van der Waals surface area contributed by atoms with Crippen LogP contribution in [0.25, 0.3) is 0 Å². The lowest BCUT2D eigenvalue weighted by atomic mass is 9.87. The SMILES string of the molecule is CC1C(C)C([Si](NC(C)(C)C)(c2ccccc2)c2ccccc2)C2Sc3ccccc3C12. The van der Waals surface area contributed by atoms with Crippen molar-refractivity contribution in [3.8, 4) is 0 Å². The monoisotopic (exact) mass is 457 g/mol. The van der Waals surface area contributed by atoms with Crippen molar-refractivity contribution in [2.45, 2.75) is 61.8 Å². The van der Waals surface area contributed by atoms with Gasteiger partial charge in [-0.1, -0.05) is 92.7 Å². The van der Waals surface area contributed by atoms with E-state index in [1.54, 1.807) is 5.56 Å². The average molecular weight is 458 g/mol. The Bertz CT molecular complexity index is 1040. The molecule has 32 heavy (non-hydrogen) atoms. The highest BCUT2D eigenvalue weighted by Gasteiger charge is 2.61. The predicted octanol–water partition coefficient (Wildman–Crippen LogP) is 6.05. The Morgan fingerprint density at radius 3 is 1.81 bits per heavy atom. The Hall–Kier alpha value is -1.81. The molecule has 0 bridgehead atoms. The third-order valence-corrected chi connectivity index (χ3v) is 15.0. The van der Waals surface area contributed by atoms with E-state index in [4.69, 9.17) is 0 Å². The smallest absolute Gasteiger partial charge is 0.194 e. The molecule has 3 heteroatoms. The first-order valence-corrected chi connectivity index (χ1v) is 14.9. The number of nitrogens with one attached hydrogen (secondary N) is 1. The minimum Gasteiger partial charge on any atom is -0.325 e. The van der Waals surface area contributed by atoms with Crippen LogP contribution in [0.5, 0.6) is 0 Å². The van der Waals surface area contributed by atoms with Gasteiger partial charge in [-0.2, -0.15) is 0 Å². The summed E-state index contributed by atoms with van der Waals surface area (Å²) in [6.07, 6.45) is 0. The summed E-state index contributed by atoms with van der Waals surface area (Å²) in [5.74, 6) is 1.95. The van der Waals surface area contributed by atoms with E-state index in [0.717, 1.165) is 0 Å². The highest BCUT2D eigenvalue weighted by Crippen LogP contribution is 2.64. The Morgan fingerprint density at radius 2 is 1.25 bits per heavy atom. The summed E-state index contributed by atoms with van der Waals surface area (Å²) in [5, 5.41) is 3.64. The molecule has 1 nitrogen and oxygen atoms in total. The number of hydrogen-bond acceptors (Lipinski definition) is 2. The van der Waals surface area contributed by atoms with Crippen LogP contribution >= 0.6 is 11.8 Å². The van der Waals surface area contributed by atoms with E-state index in [0.29, 0.717) is 28.5 Å². The summed E-state index contributed by atoms with van der Waals surface area (Å²) in [6, 6.07) is 32.0.